The van der Waals surface area contributed by atoms with E-state index in [0.717, 1.165) is 29.1 Å². The molecule has 38 heavy (non-hydrogen) atoms. The number of ether oxygens (including phenoxy) is 2. The number of aliphatic hydroxyl groups excluding tert-OH is 1. The summed E-state index contributed by atoms with van der Waals surface area (Å²) in [6, 6.07) is 7.32. The number of hydrogen-bond acceptors (Lipinski definition) is 7. The average molecular weight is 529 g/mol. The quantitative estimate of drug-likeness (QED) is 0.498. The normalized spacial score (nSPS) is 22.8. The monoisotopic (exact) mass is 528 g/mol. The van der Waals surface area contributed by atoms with Gasteiger partial charge in [0.15, 0.2) is 23.2 Å². The number of methoxy groups -OCH3 is 1. The average Bonchev–Trinajstić information content (AvgIpc) is 3.32. The summed E-state index contributed by atoms with van der Waals surface area (Å²) in [7, 11) is 1.57. The number of morpholine rings is 1. The zero-order chi connectivity index (χ0) is 27.2. The fraction of sp³-hybridized carbons (Fsp3) is 0.333. The Balaban J connectivity index is 1.57. The number of imidazole rings is 1. The van der Waals surface area contributed by atoms with E-state index >= 15 is 0 Å². The molecular formula is C27H27F3N4O4. The highest BCUT2D eigenvalue weighted by molar-refractivity contribution is 6.01. The molecule has 2 aliphatic heterocycles. The zero-order valence-corrected chi connectivity index (χ0v) is 21.3. The molecule has 1 fully saturated rings. The van der Waals surface area contributed by atoms with Crippen molar-refractivity contribution in [2.75, 3.05) is 20.3 Å². The van der Waals surface area contributed by atoms with E-state index in [4.69, 9.17) is 14.3 Å². The lowest BCUT2D eigenvalue weighted by molar-refractivity contribution is -0.0935. The van der Waals surface area contributed by atoms with Crippen LogP contribution in [-0.4, -0.2) is 57.9 Å². The SMILES string of the molecule is COc1cc(/C=C2\OC(C)CN3C2=NOCC3(c2cc(F)c(F)c(F)c2)C(C)O)ccc1-n1cnc(C)c1. The minimum atomic E-state index is -1.58. The standard InChI is InChI=1S/C27H27F3N4O4/c1-15-11-33(14-31-15)22-6-5-18(7-23(22)36-4)8-24-26-32-37-13-27(17(3)35,34(26)12-16(2)38-24)19-9-20(28)25(30)21(29)10-19/h5-11,14,16-17,35H,12-13H2,1-4H3/b24-8-. The number of benzene rings is 2. The molecule has 3 unspecified atom stereocenters. The fourth-order valence-corrected chi connectivity index (χ4v) is 4.93. The molecule has 1 N–H and O–H groups in total. The molecule has 2 aromatic carbocycles. The fourth-order valence-electron chi connectivity index (χ4n) is 4.93. The third-order valence-corrected chi connectivity index (χ3v) is 6.83. The zero-order valence-electron chi connectivity index (χ0n) is 21.3. The molecule has 11 heteroatoms. The first kappa shape index (κ1) is 25.7. The highest BCUT2D eigenvalue weighted by Crippen LogP contribution is 2.41. The molecule has 200 valence electrons. The molecule has 0 amide bonds. The smallest absolute Gasteiger partial charge is 0.211 e. The Kier molecular flexibility index (Phi) is 6.56. The molecule has 0 bridgehead atoms. The van der Waals surface area contributed by atoms with E-state index in [1.54, 1.807) is 24.4 Å². The number of amidine groups is 1. The Morgan fingerprint density at radius 1 is 1.21 bits per heavy atom. The first-order chi connectivity index (χ1) is 18.1. The van der Waals surface area contributed by atoms with E-state index < -0.39 is 29.1 Å². The van der Waals surface area contributed by atoms with Crippen LogP contribution >= 0.6 is 0 Å². The molecule has 3 atom stereocenters. The number of nitrogens with zero attached hydrogens (tertiary/aromatic N) is 4. The summed E-state index contributed by atoms with van der Waals surface area (Å²) < 4.78 is 55.9. The number of oxime groups is 1. The van der Waals surface area contributed by atoms with Crippen LogP contribution in [0.4, 0.5) is 13.2 Å². The summed E-state index contributed by atoms with van der Waals surface area (Å²) >= 11 is 0. The Bertz CT molecular complexity index is 1410. The lowest BCUT2D eigenvalue weighted by atomic mass is 9.82. The second kappa shape index (κ2) is 9.71. The number of aromatic nitrogens is 2. The van der Waals surface area contributed by atoms with Crippen molar-refractivity contribution in [2.24, 2.45) is 5.16 Å². The Morgan fingerprint density at radius 3 is 2.58 bits per heavy atom. The van der Waals surface area contributed by atoms with Crippen molar-refractivity contribution in [3.8, 4) is 11.4 Å². The first-order valence-electron chi connectivity index (χ1n) is 12.0. The number of aliphatic hydroxyl groups is 1. The lowest BCUT2D eigenvalue weighted by Gasteiger charge is -2.51. The van der Waals surface area contributed by atoms with Gasteiger partial charge in [-0.2, -0.15) is 0 Å². The third-order valence-electron chi connectivity index (χ3n) is 6.83. The molecule has 5 rings (SSSR count). The number of hydrogen-bond donors (Lipinski definition) is 1. The molecule has 3 aromatic rings. The third kappa shape index (κ3) is 4.26. The predicted molar refractivity (Wildman–Crippen MR) is 133 cm³/mol. The van der Waals surface area contributed by atoms with Crippen LogP contribution in [-0.2, 0) is 15.1 Å². The summed E-state index contributed by atoms with van der Waals surface area (Å²) in [5.41, 5.74) is 0.944. The maximum atomic E-state index is 14.3. The predicted octanol–water partition coefficient (Wildman–Crippen LogP) is 4.29. The molecule has 0 spiro atoms. The molecule has 3 heterocycles. The van der Waals surface area contributed by atoms with Gasteiger partial charge in [-0.1, -0.05) is 11.2 Å². The van der Waals surface area contributed by atoms with Gasteiger partial charge in [0.05, 0.1) is 37.5 Å². The van der Waals surface area contributed by atoms with Crippen LogP contribution < -0.4 is 4.74 Å². The second-order valence-electron chi connectivity index (χ2n) is 9.44. The van der Waals surface area contributed by atoms with Gasteiger partial charge in [0.1, 0.15) is 24.0 Å². The van der Waals surface area contributed by atoms with Gasteiger partial charge in [0, 0.05) is 6.20 Å². The van der Waals surface area contributed by atoms with Crippen molar-refractivity contribution >= 4 is 11.9 Å². The van der Waals surface area contributed by atoms with Crippen molar-refractivity contribution in [1.82, 2.24) is 14.5 Å². The van der Waals surface area contributed by atoms with E-state index in [-0.39, 0.29) is 30.7 Å². The lowest BCUT2D eigenvalue weighted by Crippen LogP contribution is -2.64. The Morgan fingerprint density at radius 2 is 1.95 bits per heavy atom. The summed E-state index contributed by atoms with van der Waals surface area (Å²) in [5, 5.41) is 15.1. The molecule has 2 aliphatic rings. The van der Waals surface area contributed by atoms with Crippen LogP contribution in [0.5, 0.6) is 5.75 Å². The van der Waals surface area contributed by atoms with Crippen LogP contribution in [0.3, 0.4) is 0 Å². The Hall–Kier alpha value is -3.99. The van der Waals surface area contributed by atoms with Gasteiger partial charge in [0.2, 0.25) is 5.84 Å². The van der Waals surface area contributed by atoms with Gasteiger partial charge < -0.3 is 28.9 Å². The summed E-state index contributed by atoms with van der Waals surface area (Å²) in [4.78, 5) is 11.5. The molecule has 8 nitrogen and oxygen atoms in total. The largest absolute Gasteiger partial charge is 0.495 e. The van der Waals surface area contributed by atoms with Crippen molar-refractivity contribution in [3.05, 3.63) is 82.9 Å². The van der Waals surface area contributed by atoms with E-state index in [0.29, 0.717) is 11.5 Å². The van der Waals surface area contributed by atoms with Gasteiger partial charge in [-0.05, 0) is 62.2 Å². The molecule has 1 saturated heterocycles. The van der Waals surface area contributed by atoms with Crippen LogP contribution in [0, 0.1) is 24.4 Å². The highest BCUT2D eigenvalue weighted by atomic mass is 19.2. The van der Waals surface area contributed by atoms with Gasteiger partial charge in [-0.15, -0.1) is 0 Å². The van der Waals surface area contributed by atoms with Crippen LogP contribution in [0.15, 0.2) is 53.8 Å². The van der Waals surface area contributed by atoms with Crippen molar-refractivity contribution in [3.63, 3.8) is 0 Å². The van der Waals surface area contributed by atoms with Crippen molar-refractivity contribution < 1.29 is 32.6 Å². The highest BCUT2D eigenvalue weighted by Gasteiger charge is 2.52. The van der Waals surface area contributed by atoms with E-state index in [2.05, 4.69) is 10.1 Å². The molecular weight excluding hydrogens is 501 g/mol. The van der Waals surface area contributed by atoms with Crippen molar-refractivity contribution in [2.45, 2.75) is 38.5 Å². The van der Waals surface area contributed by atoms with E-state index in [1.807, 2.05) is 42.8 Å². The van der Waals surface area contributed by atoms with Gasteiger partial charge in [-0.25, -0.2) is 18.2 Å². The van der Waals surface area contributed by atoms with Gasteiger partial charge in [-0.3, -0.25) is 0 Å². The van der Waals surface area contributed by atoms with Crippen molar-refractivity contribution in [1.29, 1.82) is 0 Å². The topological polar surface area (TPSA) is 81.3 Å². The van der Waals surface area contributed by atoms with E-state index in [1.165, 1.54) is 6.92 Å². The summed E-state index contributed by atoms with van der Waals surface area (Å²) in [5.74, 6) is -3.16. The van der Waals surface area contributed by atoms with Gasteiger partial charge >= 0.3 is 0 Å². The molecule has 0 radical (unpaired) electrons. The van der Waals surface area contributed by atoms with E-state index in [9.17, 15) is 18.3 Å². The number of rotatable bonds is 5. The maximum Gasteiger partial charge on any atom is 0.211 e. The number of aryl methyl sites for hydroxylation is 1. The van der Waals surface area contributed by atoms with Crippen LogP contribution in [0.1, 0.15) is 30.7 Å². The Labute approximate surface area is 217 Å². The molecule has 0 aliphatic carbocycles. The van der Waals surface area contributed by atoms with Gasteiger partial charge in [0.25, 0.3) is 0 Å². The second-order valence-corrected chi connectivity index (χ2v) is 9.44. The summed E-state index contributed by atoms with van der Waals surface area (Å²) in [6.45, 7) is 5.21. The minimum Gasteiger partial charge on any atom is -0.495 e. The van der Waals surface area contributed by atoms with Crippen LogP contribution in [0.2, 0.25) is 0 Å². The minimum absolute atomic E-state index is 0.0198. The van der Waals surface area contributed by atoms with Crippen LogP contribution in [0.25, 0.3) is 11.8 Å². The molecule has 0 saturated carbocycles. The summed E-state index contributed by atoms with van der Waals surface area (Å²) in [6.07, 6.45) is 3.74. The number of halogens is 3. The first-order valence-corrected chi connectivity index (χ1v) is 12.0. The molecule has 1 aromatic heterocycles. The maximum absolute atomic E-state index is 14.3. The number of fused-ring (bicyclic) bond motifs is 1.